The van der Waals surface area contributed by atoms with Gasteiger partial charge in [-0.2, -0.15) is 5.10 Å². The SMILES string of the molecule is CCn1ccc(CN=C(N)N2CCCC(C)C2)n1. The summed E-state index contributed by atoms with van der Waals surface area (Å²) in [6.07, 6.45) is 4.48. The van der Waals surface area contributed by atoms with Crippen molar-refractivity contribution in [1.29, 1.82) is 0 Å². The Kier molecular flexibility index (Phi) is 4.23. The van der Waals surface area contributed by atoms with E-state index in [1.54, 1.807) is 0 Å². The first-order valence-electron chi connectivity index (χ1n) is 6.76. The highest BCUT2D eigenvalue weighted by molar-refractivity contribution is 5.78. The second kappa shape index (κ2) is 5.89. The van der Waals surface area contributed by atoms with Gasteiger partial charge in [0.15, 0.2) is 5.96 Å². The number of rotatable bonds is 3. The molecule has 1 aromatic heterocycles. The maximum absolute atomic E-state index is 6.04. The second-order valence-electron chi connectivity index (χ2n) is 5.03. The number of likely N-dealkylation sites (tertiary alicyclic amines) is 1. The van der Waals surface area contributed by atoms with E-state index in [1.165, 1.54) is 12.8 Å². The molecular weight excluding hydrogens is 226 g/mol. The Morgan fingerprint density at radius 1 is 1.61 bits per heavy atom. The third-order valence-electron chi connectivity index (χ3n) is 3.40. The Hall–Kier alpha value is -1.52. The largest absolute Gasteiger partial charge is 0.370 e. The predicted molar refractivity (Wildman–Crippen MR) is 73.2 cm³/mol. The summed E-state index contributed by atoms with van der Waals surface area (Å²) in [6, 6.07) is 2.00. The molecule has 0 spiro atoms. The molecule has 5 heteroatoms. The fourth-order valence-corrected chi connectivity index (χ4v) is 2.32. The van der Waals surface area contributed by atoms with E-state index in [9.17, 15) is 0 Å². The number of hydrogen-bond acceptors (Lipinski definition) is 2. The minimum absolute atomic E-state index is 0.573. The van der Waals surface area contributed by atoms with Crippen LogP contribution in [0.3, 0.4) is 0 Å². The molecule has 18 heavy (non-hydrogen) atoms. The summed E-state index contributed by atoms with van der Waals surface area (Å²) in [4.78, 5) is 6.63. The van der Waals surface area contributed by atoms with E-state index in [0.29, 0.717) is 18.4 Å². The van der Waals surface area contributed by atoms with Crippen LogP contribution in [-0.2, 0) is 13.1 Å². The monoisotopic (exact) mass is 249 g/mol. The summed E-state index contributed by atoms with van der Waals surface area (Å²) >= 11 is 0. The van der Waals surface area contributed by atoms with Gasteiger partial charge in [0.25, 0.3) is 0 Å². The van der Waals surface area contributed by atoms with E-state index in [4.69, 9.17) is 5.73 Å². The van der Waals surface area contributed by atoms with Crippen molar-refractivity contribution in [3.8, 4) is 0 Å². The molecule has 100 valence electrons. The average molecular weight is 249 g/mol. The number of aryl methyl sites for hydroxylation is 1. The molecule has 1 aliphatic rings. The predicted octanol–water partition coefficient (Wildman–Crippen LogP) is 1.45. The van der Waals surface area contributed by atoms with Gasteiger partial charge in [-0.15, -0.1) is 0 Å². The Morgan fingerprint density at radius 2 is 2.44 bits per heavy atom. The molecule has 0 aliphatic carbocycles. The Balaban J connectivity index is 1.91. The molecule has 2 rings (SSSR count). The first kappa shape index (κ1) is 12.9. The van der Waals surface area contributed by atoms with Crippen LogP contribution in [0.4, 0.5) is 0 Å². The lowest BCUT2D eigenvalue weighted by Crippen LogP contribution is -2.43. The first-order chi connectivity index (χ1) is 8.69. The zero-order valence-corrected chi connectivity index (χ0v) is 11.3. The van der Waals surface area contributed by atoms with Gasteiger partial charge in [-0.3, -0.25) is 4.68 Å². The van der Waals surface area contributed by atoms with Crippen LogP contribution in [0.5, 0.6) is 0 Å². The highest BCUT2D eigenvalue weighted by Gasteiger charge is 2.17. The molecule has 5 nitrogen and oxygen atoms in total. The Labute approximate surface area is 109 Å². The lowest BCUT2D eigenvalue weighted by Gasteiger charge is -2.31. The van der Waals surface area contributed by atoms with Crippen molar-refractivity contribution >= 4 is 5.96 Å². The van der Waals surface area contributed by atoms with Crippen molar-refractivity contribution in [3.05, 3.63) is 18.0 Å². The molecule has 0 radical (unpaired) electrons. The molecule has 1 atom stereocenters. The molecule has 1 aromatic rings. The summed E-state index contributed by atoms with van der Waals surface area (Å²) in [5.74, 6) is 1.37. The van der Waals surface area contributed by atoms with E-state index in [2.05, 4.69) is 28.8 Å². The van der Waals surface area contributed by atoms with Gasteiger partial charge < -0.3 is 10.6 Å². The summed E-state index contributed by atoms with van der Waals surface area (Å²) in [5, 5.41) is 4.40. The van der Waals surface area contributed by atoms with E-state index < -0.39 is 0 Å². The van der Waals surface area contributed by atoms with Gasteiger partial charge in [-0.1, -0.05) is 6.92 Å². The molecule has 0 aromatic carbocycles. The zero-order chi connectivity index (χ0) is 13.0. The molecule has 1 aliphatic heterocycles. The normalized spacial score (nSPS) is 21.3. The van der Waals surface area contributed by atoms with Crippen molar-refractivity contribution < 1.29 is 0 Å². The molecular formula is C13H23N5. The van der Waals surface area contributed by atoms with Gasteiger partial charge in [0, 0.05) is 25.8 Å². The highest BCUT2D eigenvalue weighted by Crippen LogP contribution is 2.15. The van der Waals surface area contributed by atoms with Gasteiger partial charge in [0.2, 0.25) is 0 Å². The Bertz CT molecular complexity index is 409. The number of hydrogen-bond donors (Lipinski definition) is 1. The lowest BCUT2D eigenvalue weighted by atomic mass is 10.0. The van der Waals surface area contributed by atoms with Crippen LogP contribution in [-0.4, -0.2) is 33.7 Å². The number of guanidine groups is 1. The molecule has 0 saturated carbocycles. The fourth-order valence-electron chi connectivity index (χ4n) is 2.32. The summed E-state index contributed by atoms with van der Waals surface area (Å²) in [6.45, 7) is 7.86. The van der Waals surface area contributed by atoms with E-state index in [0.717, 1.165) is 25.3 Å². The van der Waals surface area contributed by atoms with E-state index in [-0.39, 0.29) is 0 Å². The molecule has 0 amide bonds. The van der Waals surface area contributed by atoms with Gasteiger partial charge in [-0.25, -0.2) is 4.99 Å². The summed E-state index contributed by atoms with van der Waals surface area (Å²) in [7, 11) is 0. The van der Waals surface area contributed by atoms with Crippen molar-refractivity contribution in [3.63, 3.8) is 0 Å². The van der Waals surface area contributed by atoms with Crippen LogP contribution in [0, 0.1) is 5.92 Å². The van der Waals surface area contributed by atoms with Crippen molar-refractivity contribution in [2.75, 3.05) is 13.1 Å². The number of aromatic nitrogens is 2. The van der Waals surface area contributed by atoms with Gasteiger partial charge in [0.1, 0.15) is 0 Å². The van der Waals surface area contributed by atoms with Crippen LogP contribution < -0.4 is 5.73 Å². The average Bonchev–Trinajstić information content (AvgIpc) is 2.84. The summed E-state index contributed by atoms with van der Waals surface area (Å²) in [5.41, 5.74) is 7.02. The lowest BCUT2D eigenvalue weighted by molar-refractivity contribution is 0.270. The second-order valence-corrected chi connectivity index (χ2v) is 5.03. The molecule has 1 saturated heterocycles. The topological polar surface area (TPSA) is 59.4 Å². The molecule has 2 heterocycles. The van der Waals surface area contributed by atoms with Gasteiger partial charge >= 0.3 is 0 Å². The van der Waals surface area contributed by atoms with E-state index >= 15 is 0 Å². The first-order valence-corrected chi connectivity index (χ1v) is 6.76. The van der Waals surface area contributed by atoms with Crippen LogP contribution >= 0.6 is 0 Å². The molecule has 1 unspecified atom stereocenters. The number of nitrogens with zero attached hydrogens (tertiary/aromatic N) is 4. The standard InChI is InChI=1S/C13H23N5/c1-3-18-8-6-12(16-18)9-15-13(14)17-7-4-5-11(2)10-17/h6,8,11H,3-5,7,9-10H2,1-2H3,(H2,14,15). The van der Waals surface area contributed by atoms with Crippen molar-refractivity contribution in [2.45, 2.75) is 39.8 Å². The van der Waals surface area contributed by atoms with E-state index in [1.807, 2.05) is 16.9 Å². The third kappa shape index (κ3) is 3.24. The number of piperidine rings is 1. The van der Waals surface area contributed by atoms with Crippen LogP contribution in [0.2, 0.25) is 0 Å². The van der Waals surface area contributed by atoms with Gasteiger partial charge in [0.05, 0.1) is 12.2 Å². The molecule has 2 N–H and O–H groups in total. The Morgan fingerprint density at radius 3 is 3.11 bits per heavy atom. The quantitative estimate of drug-likeness (QED) is 0.651. The fraction of sp³-hybridized carbons (Fsp3) is 0.692. The molecule has 0 bridgehead atoms. The minimum atomic E-state index is 0.573. The zero-order valence-electron chi connectivity index (χ0n) is 11.3. The third-order valence-corrected chi connectivity index (χ3v) is 3.40. The maximum Gasteiger partial charge on any atom is 0.191 e. The van der Waals surface area contributed by atoms with Crippen LogP contribution in [0.1, 0.15) is 32.4 Å². The summed E-state index contributed by atoms with van der Waals surface area (Å²) < 4.78 is 1.91. The minimum Gasteiger partial charge on any atom is -0.370 e. The van der Waals surface area contributed by atoms with Gasteiger partial charge in [-0.05, 0) is 31.7 Å². The number of nitrogens with two attached hydrogens (primary N) is 1. The van der Waals surface area contributed by atoms with Crippen molar-refractivity contribution in [2.24, 2.45) is 16.6 Å². The maximum atomic E-state index is 6.04. The van der Waals surface area contributed by atoms with Crippen molar-refractivity contribution in [1.82, 2.24) is 14.7 Å². The van der Waals surface area contributed by atoms with Crippen LogP contribution in [0.25, 0.3) is 0 Å². The highest BCUT2D eigenvalue weighted by atomic mass is 15.3. The molecule has 1 fully saturated rings. The van der Waals surface area contributed by atoms with Crippen LogP contribution in [0.15, 0.2) is 17.3 Å². The number of aliphatic imine (C=N–C) groups is 1. The smallest absolute Gasteiger partial charge is 0.191 e.